The number of carbonyl (C=O) groups is 1. The number of hydrogen-bond acceptors (Lipinski definition) is 5. The Morgan fingerprint density at radius 3 is 2.36 bits per heavy atom. The number of sulfone groups is 1. The topological polar surface area (TPSA) is 100 Å². The molecule has 1 rings (SSSR count). The Morgan fingerprint density at radius 1 is 1.28 bits per heavy atom. The van der Waals surface area contributed by atoms with E-state index in [1.54, 1.807) is 20.9 Å². The summed E-state index contributed by atoms with van der Waals surface area (Å²) in [7, 11) is -1.53. The van der Waals surface area contributed by atoms with Crippen molar-refractivity contribution in [2.75, 3.05) is 32.9 Å². The number of nitrogens with zero attached hydrogens (tertiary/aromatic N) is 2. The Bertz CT molecular complexity index is 608. The van der Waals surface area contributed by atoms with Gasteiger partial charge < -0.3 is 20.3 Å². The van der Waals surface area contributed by atoms with Crippen molar-refractivity contribution in [1.82, 2.24) is 15.5 Å². The van der Waals surface area contributed by atoms with Gasteiger partial charge in [-0.2, -0.15) is 0 Å². The van der Waals surface area contributed by atoms with E-state index in [0.717, 1.165) is 13.0 Å². The molecule has 1 fully saturated rings. The van der Waals surface area contributed by atoms with Crippen molar-refractivity contribution in [2.24, 2.45) is 4.99 Å². The highest BCUT2D eigenvalue weighted by Crippen LogP contribution is 2.15. The van der Waals surface area contributed by atoms with Crippen LogP contribution in [0.15, 0.2) is 4.99 Å². The molecule has 9 heteroatoms. The molecule has 0 radical (unpaired) electrons. The van der Waals surface area contributed by atoms with Crippen LogP contribution < -0.4 is 10.6 Å². The van der Waals surface area contributed by atoms with Gasteiger partial charge in [0, 0.05) is 32.9 Å². The van der Waals surface area contributed by atoms with Crippen LogP contribution in [0.25, 0.3) is 0 Å². The Hall–Kier alpha value is -1.51. The molecule has 146 valence electrons. The summed E-state index contributed by atoms with van der Waals surface area (Å²) < 4.78 is 28.0. The molecule has 8 nitrogen and oxygen atoms in total. The van der Waals surface area contributed by atoms with E-state index in [9.17, 15) is 13.2 Å². The summed E-state index contributed by atoms with van der Waals surface area (Å²) >= 11 is 0. The molecule has 0 unspecified atom stereocenters. The maximum absolute atomic E-state index is 11.9. The molecular formula is C16H32N4O4S. The summed E-state index contributed by atoms with van der Waals surface area (Å²) in [4.78, 5) is 18.1. The van der Waals surface area contributed by atoms with E-state index in [1.807, 2.05) is 25.7 Å². The van der Waals surface area contributed by atoms with E-state index in [1.165, 1.54) is 6.26 Å². The van der Waals surface area contributed by atoms with Crippen LogP contribution in [0.3, 0.4) is 0 Å². The average molecular weight is 377 g/mol. The number of nitrogens with one attached hydrogen (secondary N) is 2. The van der Waals surface area contributed by atoms with Gasteiger partial charge in [0.05, 0.1) is 10.8 Å². The third kappa shape index (κ3) is 6.72. The van der Waals surface area contributed by atoms with Gasteiger partial charge in [-0.15, -0.1) is 0 Å². The summed E-state index contributed by atoms with van der Waals surface area (Å²) in [6, 6.07) is -0.0312. The molecule has 0 bridgehead atoms. The number of ether oxygens (including phenoxy) is 1. The fourth-order valence-electron chi connectivity index (χ4n) is 2.30. The van der Waals surface area contributed by atoms with Gasteiger partial charge >= 0.3 is 6.09 Å². The van der Waals surface area contributed by atoms with Crippen molar-refractivity contribution in [3.63, 3.8) is 0 Å². The molecule has 0 aromatic heterocycles. The molecule has 1 saturated heterocycles. The first-order chi connectivity index (χ1) is 11.2. The summed E-state index contributed by atoms with van der Waals surface area (Å²) in [5.74, 6) is 0.630. The highest BCUT2D eigenvalue weighted by Gasteiger charge is 2.32. The number of guanidine groups is 1. The predicted molar refractivity (Wildman–Crippen MR) is 99.6 cm³/mol. The molecule has 0 aliphatic carbocycles. The first kappa shape index (κ1) is 21.5. The fourth-order valence-corrected chi connectivity index (χ4v) is 2.63. The van der Waals surface area contributed by atoms with Crippen LogP contribution in [-0.4, -0.2) is 74.7 Å². The highest BCUT2D eigenvalue weighted by molar-refractivity contribution is 7.92. The zero-order valence-electron chi connectivity index (χ0n) is 16.3. The van der Waals surface area contributed by atoms with Gasteiger partial charge in [-0.05, 0) is 41.0 Å². The lowest BCUT2D eigenvalue weighted by atomic mass is 10.2. The summed E-state index contributed by atoms with van der Waals surface area (Å²) in [6.45, 7) is 10.4. The Labute approximate surface area is 151 Å². The second-order valence-corrected chi connectivity index (χ2v) is 10.7. The zero-order valence-corrected chi connectivity index (χ0v) is 17.2. The number of amides is 1. The SMILES string of the molecule is CN=C(NCC(C)(C)S(C)(=O)=O)N1CC[C@@H](NC(=O)OC(C)(C)C)C1. The van der Waals surface area contributed by atoms with Gasteiger partial charge in [-0.3, -0.25) is 4.99 Å². The summed E-state index contributed by atoms with van der Waals surface area (Å²) in [6.07, 6.45) is 1.57. The van der Waals surface area contributed by atoms with Crippen molar-refractivity contribution < 1.29 is 17.9 Å². The molecule has 25 heavy (non-hydrogen) atoms. The lowest BCUT2D eigenvalue weighted by Crippen LogP contribution is -2.49. The molecule has 0 saturated carbocycles. The number of rotatable bonds is 4. The maximum Gasteiger partial charge on any atom is 0.407 e. The first-order valence-electron chi connectivity index (χ1n) is 8.40. The van der Waals surface area contributed by atoms with Gasteiger partial charge in [-0.1, -0.05) is 0 Å². The number of carbonyl (C=O) groups excluding carboxylic acids is 1. The van der Waals surface area contributed by atoms with Crippen LogP contribution in [0, 0.1) is 0 Å². The maximum atomic E-state index is 11.9. The van der Waals surface area contributed by atoms with E-state index >= 15 is 0 Å². The molecule has 1 aliphatic heterocycles. The summed E-state index contributed by atoms with van der Waals surface area (Å²) in [5, 5.41) is 5.98. The smallest absolute Gasteiger partial charge is 0.407 e. The molecule has 2 N–H and O–H groups in total. The predicted octanol–water partition coefficient (Wildman–Crippen LogP) is 0.984. The minimum atomic E-state index is -3.18. The molecule has 1 atom stereocenters. The number of aliphatic imine (C=N–C) groups is 1. The Balaban J connectivity index is 2.57. The van der Waals surface area contributed by atoms with Gasteiger partial charge in [-0.25, -0.2) is 13.2 Å². The van der Waals surface area contributed by atoms with Crippen LogP contribution in [0.5, 0.6) is 0 Å². The van der Waals surface area contributed by atoms with Crippen molar-refractivity contribution in [3.8, 4) is 0 Å². The first-order valence-corrected chi connectivity index (χ1v) is 10.3. The van der Waals surface area contributed by atoms with Crippen LogP contribution in [0.2, 0.25) is 0 Å². The summed E-state index contributed by atoms with van der Waals surface area (Å²) in [5.41, 5.74) is -0.531. The molecule has 0 aromatic carbocycles. The average Bonchev–Trinajstić information content (AvgIpc) is 2.84. The van der Waals surface area contributed by atoms with Crippen LogP contribution >= 0.6 is 0 Å². The van der Waals surface area contributed by atoms with E-state index < -0.39 is 26.3 Å². The normalized spacial score (nSPS) is 19.7. The highest BCUT2D eigenvalue weighted by atomic mass is 32.2. The van der Waals surface area contributed by atoms with Gasteiger partial charge in [0.2, 0.25) is 0 Å². The van der Waals surface area contributed by atoms with Gasteiger partial charge in [0.25, 0.3) is 0 Å². The minimum Gasteiger partial charge on any atom is -0.444 e. The Kier molecular flexibility index (Phi) is 6.72. The van der Waals surface area contributed by atoms with E-state index in [0.29, 0.717) is 12.5 Å². The van der Waals surface area contributed by atoms with E-state index in [2.05, 4.69) is 15.6 Å². The van der Waals surface area contributed by atoms with Gasteiger partial charge in [0.1, 0.15) is 5.60 Å². The van der Waals surface area contributed by atoms with Crippen LogP contribution in [0.4, 0.5) is 4.79 Å². The Morgan fingerprint density at radius 2 is 1.88 bits per heavy atom. The van der Waals surface area contributed by atoms with E-state index in [-0.39, 0.29) is 12.6 Å². The lowest BCUT2D eigenvalue weighted by Gasteiger charge is -2.27. The third-order valence-electron chi connectivity index (χ3n) is 4.10. The van der Waals surface area contributed by atoms with Crippen molar-refractivity contribution in [1.29, 1.82) is 0 Å². The second-order valence-electron chi connectivity index (χ2n) is 8.01. The molecule has 0 spiro atoms. The second kappa shape index (κ2) is 7.80. The molecule has 1 amide bonds. The number of alkyl carbamates (subject to hydrolysis) is 1. The van der Waals surface area contributed by atoms with E-state index in [4.69, 9.17) is 4.74 Å². The minimum absolute atomic E-state index is 0.0312. The number of hydrogen-bond donors (Lipinski definition) is 2. The largest absolute Gasteiger partial charge is 0.444 e. The van der Waals surface area contributed by atoms with Crippen LogP contribution in [-0.2, 0) is 14.6 Å². The molecular weight excluding hydrogens is 344 g/mol. The number of likely N-dealkylation sites (tertiary alicyclic amines) is 1. The van der Waals surface area contributed by atoms with Crippen molar-refractivity contribution in [2.45, 2.75) is 57.4 Å². The van der Waals surface area contributed by atoms with Gasteiger partial charge in [0.15, 0.2) is 15.8 Å². The standard InChI is InChI=1S/C16H32N4O4S/c1-15(2,3)24-14(21)19-12-8-9-20(10-12)13(17-6)18-11-16(4,5)25(7,22)23/h12H,8-11H2,1-7H3,(H,17,18)(H,19,21)/t12-/m1/s1. The zero-order chi connectivity index (χ0) is 19.5. The lowest BCUT2D eigenvalue weighted by molar-refractivity contribution is 0.0507. The third-order valence-corrected chi connectivity index (χ3v) is 6.25. The monoisotopic (exact) mass is 376 g/mol. The van der Waals surface area contributed by atoms with Crippen LogP contribution in [0.1, 0.15) is 41.0 Å². The van der Waals surface area contributed by atoms with Crippen molar-refractivity contribution in [3.05, 3.63) is 0 Å². The van der Waals surface area contributed by atoms with Crippen molar-refractivity contribution >= 4 is 21.9 Å². The quantitative estimate of drug-likeness (QED) is 0.560. The molecule has 1 aliphatic rings. The molecule has 1 heterocycles. The molecule has 0 aromatic rings. The fraction of sp³-hybridized carbons (Fsp3) is 0.875.